The molecule has 3 aliphatic rings. The average molecular weight is 164 g/mol. The minimum Gasteiger partial charge on any atom is -0.171 e. The zero-order valence-corrected chi connectivity index (χ0v) is 6.46. The number of alkyl halides is 3. The fraction of sp³-hybridized carbons (Fsp3) is 1.00. The number of hydrogen-bond acceptors (Lipinski definition) is 0. The SMILES string of the molecule is CCC12CC(C(F)(F)F)(C1)C2. The monoisotopic (exact) mass is 164 g/mol. The molecule has 0 radical (unpaired) electrons. The molecule has 0 amide bonds. The van der Waals surface area contributed by atoms with Crippen molar-refractivity contribution >= 4 is 0 Å². The second-order valence-corrected chi connectivity index (χ2v) is 4.16. The Balaban J connectivity index is 2.04. The molecule has 0 aromatic carbocycles. The van der Waals surface area contributed by atoms with Crippen molar-refractivity contribution in [3.63, 3.8) is 0 Å². The zero-order chi connectivity index (χ0) is 8.33. The lowest BCUT2D eigenvalue weighted by Gasteiger charge is -2.70. The number of hydrogen-bond donors (Lipinski definition) is 0. The first-order valence-electron chi connectivity index (χ1n) is 4.00. The Morgan fingerprint density at radius 3 is 1.91 bits per heavy atom. The first kappa shape index (κ1) is 7.44. The topological polar surface area (TPSA) is 0 Å². The van der Waals surface area contributed by atoms with Crippen LogP contribution in [0.25, 0.3) is 0 Å². The Hall–Kier alpha value is -0.210. The maximum atomic E-state index is 12.2. The quantitative estimate of drug-likeness (QED) is 0.558. The van der Waals surface area contributed by atoms with Crippen LogP contribution in [0.4, 0.5) is 13.2 Å². The second-order valence-electron chi connectivity index (χ2n) is 4.16. The van der Waals surface area contributed by atoms with Gasteiger partial charge in [-0.15, -0.1) is 0 Å². The molecule has 2 bridgehead atoms. The van der Waals surface area contributed by atoms with Crippen molar-refractivity contribution in [1.29, 1.82) is 0 Å². The third kappa shape index (κ3) is 0.669. The summed E-state index contributed by atoms with van der Waals surface area (Å²) < 4.78 is 36.7. The molecule has 0 heterocycles. The fourth-order valence-corrected chi connectivity index (χ4v) is 2.67. The highest BCUT2D eigenvalue weighted by Gasteiger charge is 2.77. The summed E-state index contributed by atoms with van der Waals surface area (Å²) in [5.74, 6) is 0. The lowest BCUT2D eigenvalue weighted by Crippen LogP contribution is -2.67. The summed E-state index contributed by atoms with van der Waals surface area (Å²) >= 11 is 0. The van der Waals surface area contributed by atoms with Crippen LogP contribution < -0.4 is 0 Å². The van der Waals surface area contributed by atoms with Gasteiger partial charge in [-0.1, -0.05) is 13.3 Å². The molecule has 11 heavy (non-hydrogen) atoms. The number of rotatable bonds is 1. The van der Waals surface area contributed by atoms with E-state index >= 15 is 0 Å². The Kier molecular flexibility index (Phi) is 1.08. The molecule has 0 unspecified atom stereocenters. The molecule has 3 saturated carbocycles. The summed E-state index contributed by atoms with van der Waals surface area (Å²) in [5, 5.41) is 0. The van der Waals surface area contributed by atoms with Gasteiger partial charge in [-0.05, 0) is 24.7 Å². The van der Waals surface area contributed by atoms with Crippen LogP contribution in [-0.2, 0) is 0 Å². The molecule has 0 aromatic rings. The van der Waals surface area contributed by atoms with Gasteiger partial charge in [0.05, 0.1) is 5.41 Å². The standard InChI is InChI=1S/C8H11F3/c1-2-6-3-7(4-6,5-6)8(9,10)11/h2-5H2,1H3. The molecule has 3 aliphatic carbocycles. The molecular weight excluding hydrogens is 153 g/mol. The predicted molar refractivity (Wildman–Crippen MR) is 35.1 cm³/mol. The molecule has 0 nitrogen and oxygen atoms in total. The smallest absolute Gasteiger partial charge is 0.171 e. The van der Waals surface area contributed by atoms with E-state index < -0.39 is 11.6 Å². The largest absolute Gasteiger partial charge is 0.394 e. The highest BCUT2D eigenvalue weighted by Crippen LogP contribution is 2.79. The van der Waals surface area contributed by atoms with Gasteiger partial charge in [0.1, 0.15) is 0 Å². The van der Waals surface area contributed by atoms with E-state index in [4.69, 9.17) is 0 Å². The number of halogens is 3. The summed E-state index contributed by atoms with van der Waals surface area (Å²) in [6.07, 6.45) is -1.80. The van der Waals surface area contributed by atoms with Gasteiger partial charge in [0, 0.05) is 0 Å². The molecule has 0 spiro atoms. The molecule has 0 aliphatic heterocycles. The Morgan fingerprint density at radius 1 is 1.18 bits per heavy atom. The first-order chi connectivity index (χ1) is 4.93. The van der Waals surface area contributed by atoms with Gasteiger partial charge in [0.2, 0.25) is 0 Å². The van der Waals surface area contributed by atoms with Crippen LogP contribution in [0.2, 0.25) is 0 Å². The molecule has 0 atom stereocenters. The second kappa shape index (κ2) is 1.59. The van der Waals surface area contributed by atoms with Crippen molar-refractivity contribution < 1.29 is 13.2 Å². The van der Waals surface area contributed by atoms with Crippen LogP contribution in [0.1, 0.15) is 32.6 Å². The van der Waals surface area contributed by atoms with Gasteiger partial charge < -0.3 is 0 Å². The summed E-state index contributed by atoms with van der Waals surface area (Å²) in [4.78, 5) is 0. The molecule has 0 aromatic heterocycles. The normalized spacial score (nSPS) is 48.0. The van der Waals surface area contributed by atoms with Gasteiger partial charge in [0.25, 0.3) is 0 Å². The molecule has 3 fully saturated rings. The van der Waals surface area contributed by atoms with E-state index in [1.165, 1.54) is 0 Å². The van der Waals surface area contributed by atoms with E-state index in [1.54, 1.807) is 0 Å². The predicted octanol–water partition coefficient (Wildman–Crippen LogP) is 3.13. The van der Waals surface area contributed by atoms with Gasteiger partial charge in [-0.2, -0.15) is 13.2 Å². The minimum atomic E-state index is -3.93. The summed E-state index contributed by atoms with van der Waals surface area (Å²) in [5.41, 5.74) is -1.13. The maximum Gasteiger partial charge on any atom is 0.394 e. The van der Waals surface area contributed by atoms with Crippen molar-refractivity contribution in [2.45, 2.75) is 38.8 Å². The van der Waals surface area contributed by atoms with Crippen LogP contribution >= 0.6 is 0 Å². The van der Waals surface area contributed by atoms with E-state index in [-0.39, 0.29) is 5.41 Å². The summed E-state index contributed by atoms with van der Waals surface area (Å²) in [6.45, 7) is 1.99. The molecular formula is C8H11F3. The van der Waals surface area contributed by atoms with E-state index in [9.17, 15) is 13.2 Å². The van der Waals surface area contributed by atoms with Crippen LogP contribution in [0.15, 0.2) is 0 Å². The van der Waals surface area contributed by atoms with Crippen LogP contribution in [0.3, 0.4) is 0 Å². The zero-order valence-electron chi connectivity index (χ0n) is 6.46. The third-order valence-electron chi connectivity index (χ3n) is 3.49. The van der Waals surface area contributed by atoms with Gasteiger partial charge >= 0.3 is 6.18 Å². The molecule has 3 heteroatoms. The fourth-order valence-electron chi connectivity index (χ4n) is 2.67. The third-order valence-corrected chi connectivity index (χ3v) is 3.49. The summed E-state index contributed by atoms with van der Waals surface area (Å²) in [7, 11) is 0. The van der Waals surface area contributed by atoms with Gasteiger partial charge in [-0.25, -0.2) is 0 Å². The van der Waals surface area contributed by atoms with Gasteiger partial charge in [0.15, 0.2) is 0 Å². The van der Waals surface area contributed by atoms with Gasteiger partial charge in [-0.3, -0.25) is 0 Å². The molecule has 0 saturated heterocycles. The van der Waals surface area contributed by atoms with Crippen molar-refractivity contribution in [3.05, 3.63) is 0 Å². The molecule has 0 N–H and O–H groups in total. The van der Waals surface area contributed by atoms with Crippen molar-refractivity contribution in [2.75, 3.05) is 0 Å². The Labute approximate surface area is 63.8 Å². The lowest BCUT2D eigenvalue weighted by molar-refractivity contribution is -0.363. The molecule has 64 valence electrons. The highest BCUT2D eigenvalue weighted by molar-refractivity contribution is 5.19. The Bertz CT molecular complexity index is 172. The lowest BCUT2D eigenvalue weighted by atomic mass is 9.34. The Morgan fingerprint density at radius 2 is 1.64 bits per heavy atom. The highest BCUT2D eigenvalue weighted by atomic mass is 19.4. The van der Waals surface area contributed by atoms with Crippen LogP contribution in [0.5, 0.6) is 0 Å². The van der Waals surface area contributed by atoms with Crippen molar-refractivity contribution in [3.8, 4) is 0 Å². The average Bonchev–Trinajstić information content (AvgIpc) is 1.53. The maximum absolute atomic E-state index is 12.2. The first-order valence-corrected chi connectivity index (χ1v) is 4.00. The van der Waals surface area contributed by atoms with E-state index in [0.717, 1.165) is 6.42 Å². The van der Waals surface area contributed by atoms with Crippen molar-refractivity contribution in [2.24, 2.45) is 10.8 Å². The van der Waals surface area contributed by atoms with Crippen molar-refractivity contribution in [1.82, 2.24) is 0 Å². The van der Waals surface area contributed by atoms with E-state index in [2.05, 4.69) is 0 Å². The summed E-state index contributed by atoms with van der Waals surface area (Å²) in [6, 6.07) is 0. The van der Waals surface area contributed by atoms with E-state index in [1.807, 2.05) is 6.92 Å². The minimum absolute atomic E-state index is 0.107. The molecule has 3 rings (SSSR count). The van der Waals surface area contributed by atoms with Crippen LogP contribution in [0, 0.1) is 10.8 Å². The van der Waals surface area contributed by atoms with Crippen LogP contribution in [-0.4, -0.2) is 6.18 Å². The van der Waals surface area contributed by atoms with E-state index in [0.29, 0.717) is 19.3 Å².